The van der Waals surface area contributed by atoms with E-state index in [1.807, 2.05) is 12.1 Å². The van der Waals surface area contributed by atoms with Crippen LogP contribution in [0, 0.1) is 0 Å². The van der Waals surface area contributed by atoms with Crippen molar-refractivity contribution in [1.29, 1.82) is 0 Å². The number of hydrogen-bond acceptors (Lipinski definition) is 4. The van der Waals surface area contributed by atoms with Gasteiger partial charge in [-0.2, -0.15) is 0 Å². The first-order chi connectivity index (χ1) is 9.28. The predicted molar refractivity (Wildman–Crippen MR) is 76.9 cm³/mol. The summed E-state index contributed by atoms with van der Waals surface area (Å²) < 4.78 is 10.7. The Morgan fingerprint density at radius 3 is 2.53 bits per heavy atom. The Bertz CT molecular complexity index is 403. The van der Waals surface area contributed by atoms with Crippen molar-refractivity contribution in [1.82, 2.24) is 4.90 Å². The van der Waals surface area contributed by atoms with Crippen molar-refractivity contribution in [2.45, 2.75) is 25.3 Å². The Kier molecular flexibility index (Phi) is 5.05. The molecule has 0 aromatic heterocycles. The van der Waals surface area contributed by atoms with Crippen LogP contribution < -0.4 is 15.2 Å². The van der Waals surface area contributed by atoms with E-state index in [1.165, 1.54) is 31.5 Å². The van der Waals surface area contributed by atoms with Crippen LogP contribution in [0.15, 0.2) is 18.2 Å². The molecule has 0 radical (unpaired) electrons. The van der Waals surface area contributed by atoms with Crippen molar-refractivity contribution in [3.63, 3.8) is 0 Å². The van der Waals surface area contributed by atoms with Crippen LogP contribution in [-0.4, -0.2) is 44.8 Å². The Hall–Kier alpha value is -1.26. The third-order valence-electron chi connectivity index (χ3n) is 3.88. The molecule has 0 saturated carbocycles. The maximum absolute atomic E-state index is 5.94. The highest BCUT2D eigenvalue weighted by Gasteiger charge is 2.22. The molecule has 1 unspecified atom stereocenters. The van der Waals surface area contributed by atoms with E-state index in [-0.39, 0.29) is 0 Å². The van der Waals surface area contributed by atoms with Gasteiger partial charge in [-0.15, -0.1) is 0 Å². The van der Waals surface area contributed by atoms with Crippen molar-refractivity contribution in [2.75, 3.05) is 33.9 Å². The molecule has 0 aliphatic carbocycles. The van der Waals surface area contributed by atoms with Crippen LogP contribution in [0.5, 0.6) is 11.5 Å². The monoisotopic (exact) mass is 264 g/mol. The Morgan fingerprint density at radius 2 is 1.95 bits per heavy atom. The number of benzene rings is 1. The summed E-state index contributed by atoms with van der Waals surface area (Å²) in [5, 5.41) is 0. The minimum atomic E-state index is 0.407. The highest BCUT2D eigenvalue weighted by Crippen LogP contribution is 2.27. The van der Waals surface area contributed by atoms with E-state index in [0.717, 1.165) is 17.9 Å². The van der Waals surface area contributed by atoms with Gasteiger partial charge >= 0.3 is 0 Å². The molecule has 1 fully saturated rings. The van der Waals surface area contributed by atoms with Gasteiger partial charge in [0.05, 0.1) is 14.2 Å². The van der Waals surface area contributed by atoms with E-state index < -0.39 is 0 Å². The van der Waals surface area contributed by atoms with Crippen LogP contribution in [0.1, 0.15) is 18.4 Å². The molecule has 1 saturated heterocycles. The lowest BCUT2D eigenvalue weighted by Gasteiger charge is -2.26. The molecule has 2 N–H and O–H groups in total. The highest BCUT2D eigenvalue weighted by atomic mass is 16.5. The molecule has 1 aromatic carbocycles. The minimum Gasteiger partial charge on any atom is -0.497 e. The Balaban J connectivity index is 2.11. The van der Waals surface area contributed by atoms with Crippen LogP contribution in [0.2, 0.25) is 0 Å². The average Bonchev–Trinajstić information content (AvgIpc) is 2.98. The zero-order chi connectivity index (χ0) is 13.7. The van der Waals surface area contributed by atoms with Gasteiger partial charge in [-0.25, -0.2) is 0 Å². The first-order valence-electron chi connectivity index (χ1n) is 6.93. The van der Waals surface area contributed by atoms with Crippen molar-refractivity contribution >= 4 is 0 Å². The zero-order valence-corrected chi connectivity index (χ0v) is 11.9. The predicted octanol–water partition coefficient (Wildman–Crippen LogP) is 1.67. The van der Waals surface area contributed by atoms with Crippen LogP contribution in [-0.2, 0) is 6.42 Å². The standard InChI is InChI=1S/C15H24N2O2/c1-18-14-6-5-12(15(10-14)19-2)9-13(11-16)17-7-3-4-8-17/h5-6,10,13H,3-4,7-9,11,16H2,1-2H3. The van der Waals surface area contributed by atoms with Gasteiger partial charge in [0.1, 0.15) is 11.5 Å². The van der Waals surface area contributed by atoms with E-state index in [4.69, 9.17) is 15.2 Å². The smallest absolute Gasteiger partial charge is 0.125 e. The molecular formula is C15H24N2O2. The van der Waals surface area contributed by atoms with Gasteiger partial charge in [0.15, 0.2) is 0 Å². The number of likely N-dealkylation sites (tertiary alicyclic amines) is 1. The summed E-state index contributed by atoms with van der Waals surface area (Å²) in [6, 6.07) is 6.41. The Labute approximate surface area is 115 Å². The fourth-order valence-corrected chi connectivity index (χ4v) is 2.74. The molecule has 0 bridgehead atoms. The lowest BCUT2D eigenvalue weighted by Crippen LogP contribution is -2.40. The molecule has 1 aliphatic heterocycles. The summed E-state index contributed by atoms with van der Waals surface area (Å²) in [6.45, 7) is 3.02. The van der Waals surface area contributed by atoms with Crippen LogP contribution in [0.4, 0.5) is 0 Å². The molecule has 4 nitrogen and oxygen atoms in total. The second-order valence-electron chi connectivity index (χ2n) is 5.01. The second kappa shape index (κ2) is 6.78. The topological polar surface area (TPSA) is 47.7 Å². The van der Waals surface area contributed by atoms with Crippen molar-refractivity contribution in [3.05, 3.63) is 23.8 Å². The van der Waals surface area contributed by atoms with E-state index in [2.05, 4.69) is 11.0 Å². The van der Waals surface area contributed by atoms with Crippen LogP contribution in [0.25, 0.3) is 0 Å². The Morgan fingerprint density at radius 1 is 1.21 bits per heavy atom. The number of nitrogens with two attached hydrogens (primary N) is 1. The van der Waals surface area contributed by atoms with Crippen molar-refractivity contribution < 1.29 is 9.47 Å². The third-order valence-corrected chi connectivity index (χ3v) is 3.88. The average molecular weight is 264 g/mol. The van der Waals surface area contributed by atoms with E-state index in [9.17, 15) is 0 Å². The fraction of sp³-hybridized carbons (Fsp3) is 0.600. The third kappa shape index (κ3) is 3.39. The van der Waals surface area contributed by atoms with Gasteiger partial charge in [-0.3, -0.25) is 4.90 Å². The summed E-state index contributed by atoms with van der Waals surface area (Å²) in [6.07, 6.45) is 3.51. The molecule has 19 heavy (non-hydrogen) atoms. The number of ether oxygens (including phenoxy) is 2. The second-order valence-corrected chi connectivity index (χ2v) is 5.01. The maximum Gasteiger partial charge on any atom is 0.125 e. The van der Waals surface area contributed by atoms with Crippen molar-refractivity contribution in [2.24, 2.45) is 5.73 Å². The maximum atomic E-state index is 5.94. The molecule has 1 aliphatic rings. The summed E-state index contributed by atoms with van der Waals surface area (Å²) in [7, 11) is 3.37. The molecular weight excluding hydrogens is 240 g/mol. The minimum absolute atomic E-state index is 0.407. The first kappa shape index (κ1) is 14.2. The largest absolute Gasteiger partial charge is 0.497 e. The van der Waals surface area contributed by atoms with Crippen LogP contribution in [0.3, 0.4) is 0 Å². The number of hydrogen-bond donors (Lipinski definition) is 1. The molecule has 2 rings (SSSR count). The highest BCUT2D eigenvalue weighted by molar-refractivity contribution is 5.41. The summed E-state index contributed by atoms with van der Waals surface area (Å²) in [5.41, 5.74) is 7.14. The number of methoxy groups -OCH3 is 2. The quantitative estimate of drug-likeness (QED) is 0.849. The van der Waals surface area contributed by atoms with E-state index >= 15 is 0 Å². The lowest BCUT2D eigenvalue weighted by atomic mass is 10.0. The number of nitrogens with zero attached hydrogens (tertiary/aromatic N) is 1. The van der Waals surface area contributed by atoms with Gasteiger partial charge in [-0.1, -0.05) is 6.07 Å². The van der Waals surface area contributed by atoms with Gasteiger partial charge in [0, 0.05) is 18.7 Å². The number of rotatable bonds is 6. The molecule has 0 amide bonds. The van der Waals surface area contributed by atoms with Gasteiger partial charge in [0.25, 0.3) is 0 Å². The van der Waals surface area contributed by atoms with Crippen molar-refractivity contribution in [3.8, 4) is 11.5 Å². The first-order valence-corrected chi connectivity index (χ1v) is 6.93. The SMILES string of the molecule is COc1ccc(CC(CN)N2CCCC2)c(OC)c1. The van der Waals surface area contributed by atoms with Gasteiger partial charge in [-0.05, 0) is 44.0 Å². The van der Waals surface area contributed by atoms with E-state index in [0.29, 0.717) is 12.6 Å². The molecule has 1 aromatic rings. The zero-order valence-electron chi connectivity index (χ0n) is 11.9. The van der Waals surface area contributed by atoms with Gasteiger partial charge in [0.2, 0.25) is 0 Å². The normalized spacial score (nSPS) is 17.4. The van der Waals surface area contributed by atoms with Gasteiger partial charge < -0.3 is 15.2 Å². The summed E-state index contributed by atoms with van der Waals surface area (Å²) in [4.78, 5) is 2.49. The molecule has 0 spiro atoms. The molecule has 1 atom stereocenters. The lowest BCUT2D eigenvalue weighted by molar-refractivity contribution is 0.244. The summed E-state index contributed by atoms with van der Waals surface area (Å²) in [5.74, 6) is 1.71. The summed E-state index contributed by atoms with van der Waals surface area (Å²) >= 11 is 0. The van der Waals surface area contributed by atoms with E-state index in [1.54, 1.807) is 14.2 Å². The molecule has 4 heteroatoms. The molecule has 1 heterocycles. The molecule has 106 valence electrons. The van der Waals surface area contributed by atoms with Crippen LogP contribution >= 0.6 is 0 Å². The fourth-order valence-electron chi connectivity index (χ4n) is 2.74.